The van der Waals surface area contributed by atoms with Crippen molar-refractivity contribution in [1.82, 2.24) is 4.98 Å². The maximum absolute atomic E-state index is 12.5. The van der Waals surface area contributed by atoms with Gasteiger partial charge < -0.3 is 0 Å². The van der Waals surface area contributed by atoms with E-state index >= 15 is 0 Å². The van der Waals surface area contributed by atoms with Gasteiger partial charge >= 0.3 is 0 Å². The lowest BCUT2D eigenvalue weighted by molar-refractivity contribution is 0.111. The zero-order valence-corrected chi connectivity index (χ0v) is 5.47. The lowest BCUT2D eigenvalue weighted by Crippen LogP contribution is -1.90. The molecule has 0 aromatic carbocycles. The molecule has 1 aromatic rings. The standard InChI is InChI=1S/C7H6FNO/c1-5-2-6(4-10)7(8)3-9-5/h2-4H,1H3. The van der Waals surface area contributed by atoms with E-state index in [1.807, 2.05) is 0 Å². The van der Waals surface area contributed by atoms with E-state index < -0.39 is 5.82 Å². The Morgan fingerprint density at radius 1 is 1.70 bits per heavy atom. The first-order valence-electron chi connectivity index (χ1n) is 2.81. The van der Waals surface area contributed by atoms with Gasteiger partial charge in [-0.25, -0.2) is 4.39 Å². The molecule has 0 fully saturated rings. The molecule has 0 bridgehead atoms. The van der Waals surface area contributed by atoms with Crippen molar-refractivity contribution in [2.24, 2.45) is 0 Å². The van der Waals surface area contributed by atoms with Gasteiger partial charge in [-0.15, -0.1) is 0 Å². The molecular weight excluding hydrogens is 133 g/mol. The fourth-order valence-electron chi connectivity index (χ4n) is 0.655. The number of carbonyl (C=O) groups excluding carboxylic acids is 1. The predicted molar refractivity (Wildman–Crippen MR) is 34.3 cm³/mol. The summed E-state index contributed by atoms with van der Waals surface area (Å²) in [5.74, 6) is -0.569. The highest BCUT2D eigenvalue weighted by Crippen LogP contribution is 2.03. The third-order valence-corrected chi connectivity index (χ3v) is 1.15. The molecule has 1 aromatic heterocycles. The summed E-state index contributed by atoms with van der Waals surface area (Å²) in [4.78, 5) is 13.8. The van der Waals surface area contributed by atoms with Gasteiger partial charge in [-0.3, -0.25) is 9.78 Å². The molecular formula is C7H6FNO. The van der Waals surface area contributed by atoms with Crippen molar-refractivity contribution in [2.45, 2.75) is 6.92 Å². The van der Waals surface area contributed by atoms with Gasteiger partial charge in [-0.2, -0.15) is 0 Å². The maximum Gasteiger partial charge on any atom is 0.153 e. The minimum absolute atomic E-state index is 0.0625. The van der Waals surface area contributed by atoms with Crippen molar-refractivity contribution in [3.8, 4) is 0 Å². The SMILES string of the molecule is Cc1cc(C=O)c(F)cn1. The topological polar surface area (TPSA) is 30.0 Å². The Labute approximate surface area is 57.7 Å². The van der Waals surface area contributed by atoms with Gasteiger partial charge in [0.25, 0.3) is 0 Å². The Kier molecular flexibility index (Phi) is 1.76. The van der Waals surface area contributed by atoms with Gasteiger partial charge in [0, 0.05) is 5.69 Å². The van der Waals surface area contributed by atoms with E-state index in [1.54, 1.807) is 6.92 Å². The highest BCUT2D eigenvalue weighted by molar-refractivity contribution is 5.74. The van der Waals surface area contributed by atoms with Crippen LogP contribution in [0.1, 0.15) is 16.1 Å². The van der Waals surface area contributed by atoms with Gasteiger partial charge in [0.2, 0.25) is 0 Å². The van der Waals surface area contributed by atoms with E-state index in [-0.39, 0.29) is 5.56 Å². The highest BCUT2D eigenvalue weighted by Gasteiger charge is 1.99. The molecule has 0 radical (unpaired) electrons. The zero-order chi connectivity index (χ0) is 7.56. The summed E-state index contributed by atoms with van der Waals surface area (Å²) in [6.45, 7) is 1.70. The molecule has 0 saturated heterocycles. The van der Waals surface area contributed by atoms with Crippen LogP contribution >= 0.6 is 0 Å². The van der Waals surface area contributed by atoms with Crippen molar-refractivity contribution in [1.29, 1.82) is 0 Å². The summed E-state index contributed by atoms with van der Waals surface area (Å²) in [6.07, 6.45) is 1.52. The molecule has 0 N–H and O–H groups in total. The van der Waals surface area contributed by atoms with Gasteiger partial charge in [-0.05, 0) is 13.0 Å². The van der Waals surface area contributed by atoms with Crippen LogP contribution < -0.4 is 0 Å². The van der Waals surface area contributed by atoms with E-state index in [0.717, 1.165) is 6.20 Å². The Morgan fingerprint density at radius 2 is 2.40 bits per heavy atom. The highest BCUT2D eigenvalue weighted by atomic mass is 19.1. The number of aromatic nitrogens is 1. The number of carbonyl (C=O) groups is 1. The first-order valence-corrected chi connectivity index (χ1v) is 2.81. The number of hydrogen-bond acceptors (Lipinski definition) is 2. The summed E-state index contributed by atoms with van der Waals surface area (Å²) in [7, 11) is 0. The minimum atomic E-state index is -0.569. The Morgan fingerprint density at radius 3 is 2.90 bits per heavy atom. The number of rotatable bonds is 1. The van der Waals surface area contributed by atoms with Crippen molar-refractivity contribution in [3.63, 3.8) is 0 Å². The quantitative estimate of drug-likeness (QED) is 0.549. The Balaban J connectivity index is 3.21. The second-order valence-electron chi connectivity index (χ2n) is 1.97. The van der Waals surface area contributed by atoms with Crippen molar-refractivity contribution < 1.29 is 9.18 Å². The summed E-state index contributed by atoms with van der Waals surface area (Å²) in [5.41, 5.74) is 0.705. The number of nitrogens with zero attached hydrogens (tertiary/aromatic N) is 1. The molecule has 0 unspecified atom stereocenters. The smallest absolute Gasteiger partial charge is 0.153 e. The molecule has 2 nitrogen and oxygen atoms in total. The molecule has 0 aliphatic rings. The molecule has 0 amide bonds. The second-order valence-corrected chi connectivity index (χ2v) is 1.97. The van der Waals surface area contributed by atoms with Crippen LogP contribution in [-0.4, -0.2) is 11.3 Å². The van der Waals surface area contributed by atoms with Crippen molar-refractivity contribution >= 4 is 6.29 Å². The zero-order valence-electron chi connectivity index (χ0n) is 5.47. The first-order chi connectivity index (χ1) is 4.74. The number of aldehydes is 1. The third kappa shape index (κ3) is 1.18. The molecule has 10 heavy (non-hydrogen) atoms. The molecule has 0 atom stereocenters. The van der Waals surface area contributed by atoms with Gasteiger partial charge in [0.15, 0.2) is 12.1 Å². The van der Waals surface area contributed by atoms with Crippen molar-refractivity contribution in [3.05, 3.63) is 29.3 Å². The van der Waals surface area contributed by atoms with Crippen LogP contribution in [0, 0.1) is 12.7 Å². The number of hydrogen-bond donors (Lipinski definition) is 0. The number of aryl methyl sites for hydroxylation is 1. The molecule has 52 valence electrons. The fourth-order valence-corrected chi connectivity index (χ4v) is 0.655. The fraction of sp³-hybridized carbons (Fsp3) is 0.143. The van der Waals surface area contributed by atoms with Crippen LogP contribution in [0.25, 0.3) is 0 Å². The predicted octanol–water partition coefficient (Wildman–Crippen LogP) is 1.34. The van der Waals surface area contributed by atoms with E-state index in [1.165, 1.54) is 6.07 Å². The van der Waals surface area contributed by atoms with Crippen LogP contribution in [0.5, 0.6) is 0 Å². The average molecular weight is 139 g/mol. The van der Waals surface area contributed by atoms with Crippen LogP contribution in [0.4, 0.5) is 4.39 Å². The van der Waals surface area contributed by atoms with Gasteiger partial charge in [0.1, 0.15) is 0 Å². The number of halogens is 1. The van der Waals surface area contributed by atoms with E-state index in [4.69, 9.17) is 0 Å². The molecule has 1 rings (SSSR count). The van der Waals surface area contributed by atoms with Gasteiger partial charge in [-0.1, -0.05) is 0 Å². The van der Waals surface area contributed by atoms with Crippen LogP contribution in [0.2, 0.25) is 0 Å². The van der Waals surface area contributed by atoms with Gasteiger partial charge in [0.05, 0.1) is 11.8 Å². The third-order valence-electron chi connectivity index (χ3n) is 1.15. The lowest BCUT2D eigenvalue weighted by atomic mass is 10.2. The normalized spacial score (nSPS) is 9.40. The average Bonchev–Trinajstić information content (AvgIpc) is 1.94. The summed E-state index contributed by atoms with van der Waals surface area (Å²) in [6, 6.07) is 1.41. The Bertz CT molecular complexity index is 260. The molecule has 0 spiro atoms. The maximum atomic E-state index is 12.5. The minimum Gasteiger partial charge on any atom is -0.298 e. The summed E-state index contributed by atoms with van der Waals surface area (Å²) >= 11 is 0. The first kappa shape index (κ1) is 6.86. The van der Waals surface area contributed by atoms with E-state index in [9.17, 15) is 9.18 Å². The monoisotopic (exact) mass is 139 g/mol. The van der Waals surface area contributed by atoms with E-state index in [2.05, 4.69) is 4.98 Å². The van der Waals surface area contributed by atoms with Crippen molar-refractivity contribution in [2.75, 3.05) is 0 Å². The van der Waals surface area contributed by atoms with E-state index in [0.29, 0.717) is 12.0 Å². The summed E-state index contributed by atoms with van der Waals surface area (Å²) < 4.78 is 12.5. The second kappa shape index (κ2) is 2.56. The lowest BCUT2D eigenvalue weighted by Gasteiger charge is -1.93. The Hall–Kier alpha value is -1.25. The largest absolute Gasteiger partial charge is 0.298 e. The van der Waals surface area contributed by atoms with Crippen LogP contribution in [0.3, 0.4) is 0 Å². The molecule has 0 aliphatic carbocycles. The van der Waals surface area contributed by atoms with Crippen LogP contribution in [-0.2, 0) is 0 Å². The molecule has 0 aliphatic heterocycles. The number of pyridine rings is 1. The van der Waals surface area contributed by atoms with Crippen LogP contribution in [0.15, 0.2) is 12.3 Å². The summed E-state index contributed by atoms with van der Waals surface area (Å²) in [5, 5.41) is 0. The molecule has 0 saturated carbocycles. The molecule has 1 heterocycles. The molecule has 3 heteroatoms.